The molecule has 1 saturated heterocycles. The zero-order valence-electron chi connectivity index (χ0n) is 17.1. The van der Waals surface area contributed by atoms with Crippen LogP contribution in [0.5, 0.6) is 0 Å². The molecule has 1 aliphatic rings. The molecular formula is C19H31F2IN4O2S. The summed E-state index contributed by atoms with van der Waals surface area (Å²) in [6, 6.07) is 4.06. The van der Waals surface area contributed by atoms with Crippen LogP contribution in [0.2, 0.25) is 0 Å². The molecular weight excluding hydrogens is 513 g/mol. The molecule has 0 aromatic heterocycles. The number of hydrogen-bond donors (Lipinski definition) is 2. The molecule has 6 nitrogen and oxygen atoms in total. The molecule has 0 saturated carbocycles. The smallest absolute Gasteiger partial charge is 0.214 e. The van der Waals surface area contributed by atoms with Crippen LogP contribution in [-0.4, -0.2) is 57.2 Å². The fourth-order valence-corrected chi connectivity index (χ4v) is 4.78. The van der Waals surface area contributed by atoms with Gasteiger partial charge in [0.25, 0.3) is 0 Å². The molecule has 1 atom stereocenters. The van der Waals surface area contributed by atoms with E-state index in [2.05, 4.69) is 15.6 Å². The Bertz CT molecular complexity index is 784. The Morgan fingerprint density at radius 1 is 1.28 bits per heavy atom. The second kappa shape index (κ2) is 12.0. The van der Waals surface area contributed by atoms with Gasteiger partial charge < -0.3 is 10.6 Å². The number of hydrogen-bond acceptors (Lipinski definition) is 3. The van der Waals surface area contributed by atoms with E-state index in [1.54, 1.807) is 17.4 Å². The summed E-state index contributed by atoms with van der Waals surface area (Å²) in [5, 5.41) is 6.52. The van der Waals surface area contributed by atoms with Crippen molar-refractivity contribution in [3.63, 3.8) is 0 Å². The van der Waals surface area contributed by atoms with Crippen molar-refractivity contribution >= 4 is 40.0 Å². The SMILES string of the molecule is CCCS(=O)(=O)N1CCC(NC(=NC)NCC(C)c2ccc(F)c(F)c2)CC1.I. The zero-order valence-corrected chi connectivity index (χ0v) is 20.3. The molecule has 1 heterocycles. The zero-order chi connectivity index (χ0) is 20.7. The number of nitrogens with zero attached hydrogens (tertiary/aromatic N) is 2. The Morgan fingerprint density at radius 3 is 2.48 bits per heavy atom. The van der Waals surface area contributed by atoms with Gasteiger partial charge in [-0.3, -0.25) is 4.99 Å². The average molecular weight is 544 g/mol. The summed E-state index contributed by atoms with van der Waals surface area (Å²) >= 11 is 0. The van der Waals surface area contributed by atoms with Crippen LogP contribution in [0, 0.1) is 11.6 Å². The highest BCUT2D eigenvalue weighted by Gasteiger charge is 2.27. The van der Waals surface area contributed by atoms with E-state index in [0.29, 0.717) is 50.4 Å². The van der Waals surface area contributed by atoms with Crippen molar-refractivity contribution in [1.29, 1.82) is 0 Å². The van der Waals surface area contributed by atoms with Gasteiger partial charge in [-0.05, 0) is 42.9 Å². The first-order valence-electron chi connectivity index (χ1n) is 9.66. The number of halogens is 3. The molecule has 0 amide bonds. The van der Waals surface area contributed by atoms with E-state index in [0.717, 1.165) is 6.07 Å². The fraction of sp³-hybridized carbons (Fsp3) is 0.632. The summed E-state index contributed by atoms with van der Waals surface area (Å²) in [5.41, 5.74) is 0.705. The van der Waals surface area contributed by atoms with Crippen LogP contribution in [0.1, 0.15) is 44.6 Å². The van der Waals surface area contributed by atoms with Gasteiger partial charge in [-0.2, -0.15) is 0 Å². The van der Waals surface area contributed by atoms with Crippen molar-refractivity contribution in [2.24, 2.45) is 4.99 Å². The molecule has 0 aliphatic carbocycles. The van der Waals surface area contributed by atoms with Crippen LogP contribution in [0.25, 0.3) is 0 Å². The largest absolute Gasteiger partial charge is 0.356 e. The average Bonchev–Trinajstić information content (AvgIpc) is 2.67. The number of guanidine groups is 1. The van der Waals surface area contributed by atoms with Crippen LogP contribution >= 0.6 is 24.0 Å². The highest BCUT2D eigenvalue weighted by molar-refractivity contribution is 14.0. The van der Waals surface area contributed by atoms with E-state index in [1.165, 1.54) is 6.07 Å². The Hall–Kier alpha value is -1.01. The van der Waals surface area contributed by atoms with Gasteiger partial charge in [0.2, 0.25) is 10.0 Å². The minimum absolute atomic E-state index is 0. The molecule has 10 heteroatoms. The third kappa shape index (κ3) is 7.63. The van der Waals surface area contributed by atoms with Crippen molar-refractivity contribution in [1.82, 2.24) is 14.9 Å². The molecule has 1 unspecified atom stereocenters. The lowest BCUT2D eigenvalue weighted by Crippen LogP contribution is -2.50. The van der Waals surface area contributed by atoms with Gasteiger partial charge in [0, 0.05) is 32.7 Å². The van der Waals surface area contributed by atoms with Gasteiger partial charge in [0.15, 0.2) is 17.6 Å². The maximum atomic E-state index is 13.4. The molecule has 166 valence electrons. The predicted octanol–water partition coefficient (Wildman–Crippen LogP) is 3.06. The quantitative estimate of drug-likeness (QED) is 0.315. The Balaban J connectivity index is 0.00000420. The molecule has 1 aromatic rings. The fourth-order valence-electron chi connectivity index (χ4n) is 3.24. The summed E-state index contributed by atoms with van der Waals surface area (Å²) in [6.45, 7) is 5.30. The van der Waals surface area contributed by atoms with Gasteiger partial charge >= 0.3 is 0 Å². The Labute approximate surface area is 189 Å². The van der Waals surface area contributed by atoms with E-state index in [-0.39, 0.29) is 41.7 Å². The lowest BCUT2D eigenvalue weighted by atomic mass is 10.0. The number of nitrogens with one attached hydrogen (secondary N) is 2. The lowest BCUT2D eigenvalue weighted by Gasteiger charge is -2.32. The molecule has 1 aliphatic heterocycles. The molecule has 1 fully saturated rings. The molecule has 29 heavy (non-hydrogen) atoms. The van der Waals surface area contributed by atoms with Crippen LogP contribution in [0.3, 0.4) is 0 Å². The van der Waals surface area contributed by atoms with Gasteiger partial charge in [-0.15, -0.1) is 24.0 Å². The first kappa shape index (κ1) is 26.0. The third-order valence-electron chi connectivity index (χ3n) is 4.96. The first-order valence-corrected chi connectivity index (χ1v) is 11.3. The van der Waals surface area contributed by atoms with Crippen molar-refractivity contribution in [2.75, 3.05) is 32.4 Å². The van der Waals surface area contributed by atoms with Gasteiger partial charge in [-0.1, -0.05) is 19.9 Å². The van der Waals surface area contributed by atoms with E-state index in [4.69, 9.17) is 0 Å². The number of piperidine rings is 1. The number of rotatable bonds is 7. The van der Waals surface area contributed by atoms with Crippen LogP contribution < -0.4 is 10.6 Å². The molecule has 0 radical (unpaired) electrons. The summed E-state index contributed by atoms with van der Waals surface area (Å²) in [6.07, 6.45) is 2.04. The van der Waals surface area contributed by atoms with Crippen molar-refractivity contribution in [3.05, 3.63) is 35.4 Å². The van der Waals surface area contributed by atoms with Gasteiger partial charge in [-0.25, -0.2) is 21.5 Å². The second-order valence-corrected chi connectivity index (χ2v) is 9.25. The van der Waals surface area contributed by atoms with E-state index < -0.39 is 21.7 Å². The number of aliphatic imine (C=N–C) groups is 1. The van der Waals surface area contributed by atoms with Gasteiger partial charge in [0.1, 0.15) is 0 Å². The Morgan fingerprint density at radius 2 is 1.93 bits per heavy atom. The minimum Gasteiger partial charge on any atom is -0.356 e. The third-order valence-corrected chi connectivity index (χ3v) is 7.04. The Kier molecular flexibility index (Phi) is 10.8. The molecule has 1 aromatic carbocycles. The molecule has 2 rings (SSSR count). The lowest BCUT2D eigenvalue weighted by molar-refractivity contribution is 0.306. The first-order chi connectivity index (χ1) is 13.3. The van der Waals surface area contributed by atoms with Crippen LogP contribution in [-0.2, 0) is 10.0 Å². The summed E-state index contributed by atoms with van der Waals surface area (Å²) in [4.78, 5) is 4.21. The molecule has 2 N–H and O–H groups in total. The number of sulfonamides is 1. The van der Waals surface area contributed by atoms with E-state index in [9.17, 15) is 17.2 Å². The van der Waals surface area contributed by atoms with E-state index in [1.807, 2.05) is 13.8 Å². The summed E-state index contributed by atoms with van der Waals surface area (Å²) in [7, 11) is -1.48. The second-order valence-electron chi connectivity index (χ2n) is 7.16. The van der Waals surface area contributed by atoms with Crippen molar-refractivity contribution < 1.29 is 17.2 Å². The van der Waals surface area contributed by atoms with Crippen molar-refractivity contribution in [2.45, 2.75) is 45.1 Å². The standard InChI is InChI=1S/C19H30F2N4O2S.HI/c1-4-11-28(26,27)25-9-7-16(8-10-25)24-19(22-3)23-13-14(2)15-5-6-17(20)18(21)12-15;/h5-6,12,14,16H,4,7-11,13H2,1-3H3,(H2,22,23,24);1H. The molecule has 0 spiro atoms. The predicted molar refractivity (Wildman–Crippen MR) is 123 cm³/mol. The highest BCUT2D eigenvalue weighted by Crippen LogP contribution is 2.18. The monoisotopic (exact) mass is 544 g/mol. The number of benzene rings is 1. The maximum absolute atomic E-state index is 13.4. The van der Waals surface area contributed by atoms with E-state index >= 15 is 0 Å². The maximum Gasteiger partial charge on any atom is 0.214 e. The normalized spacial score (nSPS) is 17.5. The molecule has 0 bridgehead atoms. The topological polar surface area (TPSA) is 73.8 Å². The summed E-state index contributed by atoms with van der Waals surface area (Å²) < 4.78 is 52.3. The van der Waals surface area contributed by atoms with Crippen LogP contribution in [0.4, 0.5) is 8.78 Å². The van der Waals surface area contributed by atoms with Crippen molar-refractivity contribution in [3.8, 4) is 0 Å². The van der Waals surface area contributed by atoms with Gasteiger partial charge in [0.05, 0.1) is 5.75 Å². The minimum atomic E-state index is -3.15. The van der Waals surface area contributed by atoms with Crippen LogP contribution in [0.15, 0.2) is 23.2 Å². The highest BCUT2D eigenvalue weighted by atomic mass is 127. The summed E-state index contributed by atoms with van der Waals surface area (Å²) in [5.74, 6) is -0.930.